The zero-order valence-electron chi connectivity index (χ0n) is 9.49. The van der Waals surface area contributed by atoms with Crippen LogP contribution in [0.4, 0.5) is 4.79 Å². The molecule has 1 aromatic carbocycles. The topological polar surface area (TPSA) is 58.2 Å². The molecule has 0 saturated heterocycles. The SMILES string of the molecule is CNC(=O)NC(=O)C(C)Sc1ccc(Br)cc1. The number of imide groups is 1. The monoisotopic (exact) mass is 316 g/mol. The van der Waals surface area contributed by atoms with Crippen molar-refractivity contribution in [2.45, 2.75) is 17.1 Å². The third-order valence-electron chi connectivity index (χ3n) is 1.96. The van der Waals surface area contributed by atoms with E-state index in [1.165, 1.54) is 18.8 Å². The van der Waals surface area contributed by atoms with Gasteiger partial charge in [-0.1, -0.05) is 15.9 Å². The van der Waals surface area contributed by atoms with Gasteiger partial charge in [-0.15, -0.1) is 11.8 Å². The highest BCUT2D eigenvalue weighted by atomic mass is 79.9. The number of rotatable bonds is 3. The van der Waals surface area contributed by atoms with Crippen LogP contribution in [-0.2, 0) is 4.79 Å². The molecule has 3 amide bonds. The summed E-state index contributed by atoms with van der Waals surface area (Å²) in [5, 5.41) is 4.25. The predicted octanol–water partition coefficient (Wildman–Crippen LogP) is 2.39. The van der Waals surface area contributed by atoms with E-state index in [1.54, 1.807) is 6.92 Å². The molecular weight excluding hydrogens is 304 g/mol. The fraction of sp³-hybridized carbons (Fsp3) is 0.273. The zero-order valence-corrected chi connectivity index (χ0v) is 11.9. The van der Waals surface area contributed by atoms with Crippen molar-refractivity contribution >= 4 is 39.6 Å². The highest BCUT2D eigenvalue weighted by molar-refractivity contribution is 9.10. The summed E-state index contributed by atoms with van der Waals surface area (Å²) in [5.41, 5.74) is 0. The van der Waals surface area contributed by atoms with Gasteiger partial charge in [-0.3, -0.25) is 10.1 Å². The van der Waals surface area contributed by atoms with E-state index >= 15 is 0 Å². The molecule has 0 aliphatic heterocycles. The van der Waals surface area contributed by atoms with E-state index in [-0.39, 0.29) is 11.2 Å². The minimum Gasteiger partial charge on any atom is -0.341 e. The number of hydrogen-bond donors (Lipinski definition) is 2. The van der Waals surface area contributed by atoms with Gasteiger partial charge in [-0.25, -0.2) is 4.79 Å². The van der Waals surface area contributed by atoms with Crippen molar-refractivity contribution in [3.8, 4) is 0 Å². The van der Waals surface area contributed by atoms with Crippen molar-refractivity contribution in [3.63, 3.8) is 0 Å². The van der Waals surface area contributed by atoms with Crippen molar-refractivity contribution in [1.29, 1.82) is 0 Å². The third kappa shape index (κ3) is 4.79. The lowest BCUT2D eigenvalue weighted by molar-refractivity contribution is -0.119. The Hall–Kier alpha value is -1.01. The molecule has 4 nitrogen and oxygen atoms in total. The van der Waals surface area contributed by atoms with Crippen LogP contribution >= 0.6 is 27.7 Å². The van der Waals surface area contributed by atoms with Gasteiger partial charge in [0.15, 0.2) is 0 Å². The Bertz CT molecular complexity index is 408. The van der Waals surface area contributed by atoms with Crippen molar-refractivity contribution in [3.05, 3.63) is 28.7 Å². The van der Waals surface area contributed by atoms with E-state index in [1.807, 2.05) is 24.3 Å². The maximum atomic E-state index is 11.6. The number of halogens is 1. The molecule has 1 rings (SSSR count). The van der Waals surface area contributed by atoms with Gasteiger partial charge in [0, 0.05) is 16.4 Å². The summed E-state index contributed by atoms with van der Waals surface area (Å²) >= 11 is 4.74. The van der Waals surface area contributed by atoms with Crippen molar-refractivity contribution in [1.82, 2.24) is 10.6 Å². The Balaban J connectivity index is 2.54. The van der Waals surface area contributed by atoms with Crippen LogP contribution in [0.2, 0.25) is 0 Å². The summed E-state index contributed by atoms with van der Waals surface area (Å²) < 4.78 is 0.990. The van der Waals surface area contributed by atoms with Crippen molar-refractivity contribution in [2.75, 3.05) is 7.05 Å². The lowest BCUT2D eigenvalue weighted by Gasteiger charge is -2.10. The van der Waals surface area contributed by atoms with E-state index in [0.717, 1.165) is 9.37 Å². The van der Waals surface area contributed by atoms with Crippen LogP contribution in [0.5, 0.6) is 0 Å². The average molecular weight is 317 g/mol. The standard InChI is InChI=1S/C11H13BrN2O2S/c1-7(10(15)14-11(16)13-2)17-9-5-3-8(12)4-6-9/h3-7H,1-2H3,(H2,13,14,15,16). The van der Waals surface area contributed by atoms with Gasteiger partial charge in [0.05, 0.1) is 5.25 Å². The molecule has 2 N–H and O–H groups in total. The number of thioether (sulfide) groups is 1. The molecule has 92 valence electrons. The number of hydrogen-bond acceptors (Lipinski definition) is 3. The number of amides is 3. The minimum absolute atomic E-state index is 0.308. The van der Waals surface area contributed by atoms with Crippen LogP contribution in [0.15, 0.2) is 33.6 Å². The van der Waals surface area contributed by atoms with E-state index in [0.29, 0.717) is 0 Å². The Kier molecular flexibility index (Phi) is 5.50. The first-order chi connectivity index (χ1) is 8.02. The fourth-order valence-electron chi connectivity index (χ4n) is 1.05. The molecule has 6 heteroatoms. The molecule has 0 aliphatic carbocycles. The predicted molar refractivity (Wildman–Crippen MR) is 72.1 cm³/mol. The Morgan fingerprint density at radius 3 is 2.41 bits per heavy atom. The third-order valence-corrected chi connectivity index (χ3v) is 3.60. The number of carbonyl (C=O) groups excluding carboxylic acids is 2. The van der Waals surface area contributed by atoms with Gasteiger partial charge in [0.1, 0.15) is 0 Å². The first kappa shape index (κ1) is 14.1. The van der Waals surface area contributed by atoms with E-state index in [2.05, 4.69) is 26.6 Å². The molecule has 0 spiro atoms. The molecule has 0 radical (unpaired) electrons. The number of carbonyl (C=O) groups is 2. The molecule has 1 atom stereocenters. The molecular formula is C11H13BrN2O2S. The van der Waals surface area contributed by atoms with E-state index in [4.69, 9.17) is 0 Å². The Morgan fingerprint density at radius 2 is 1.88 bits per heavy atom. The molecule has 1 unspecified atom stereocenters. The second-order valence-electron chi connectivity index (χ2n) is 3.28. The fourth-order valence-corrected chi connectivity index (χ4v) is 2.18. The lowest BCUT2D eigenvalue weighted by atomic mass is 10.4. The van der Waals surface area contributed by atoms with E-state index in [9.17, 15) is 9.59 Å². The maximum Gasteiger partial charge on any atom is 0.321 e. The van der Waals surface area contributed by atoms with Gasteiger partial charge >= 0.3 is 6.03 Å². The minimum atomic E-state index is -0.488. The molecule has 0 saturated carbocycles. The first-order valence-corrected chi connectivity index (χ1v) is 6.65. The lowest BCUT2D eigenvalue weighted by Crippen LogP contribution is -2.41. The summed E-state index contributed by atoms with van der Waals surface area (Å²) in [6.07, 6.45) is 0. The number of nitrogens with one attached hydrogen (secondary N) is 2. The number of benzene rings is 1. The van der Waals surface area contributed by atoms with Gasteiger partial charge in [-0.2, -0.15) is 0 Å². The summed E-state index contributed by atoms with van der Waals surface area (Å²) in [7, 11) is 1.47. The Labute approximate surface area is 113 Å². The van der Waals surface area contributed by atoms with E-state index < -0.39 is 6.03 Å². The molecule has 0 bridgehead atoms. The normalized spacial score (nSPS) is 11.7. The Morgan fingerprint density at radius 1 is 1.29 bits per heavy atom. The first-order valence-electron chi connectivity index (χ1n) is 4.97. The van der Waals surface area contributed by atoms with Crippen LogP contribution < -0.4 is 10.6 Å². The van der Waals surface area contributed by atoms with Crippen LogP contribution in [-0.4, -0.2) is 24.2 Å². The molecule has 0 aromatic heterocycles. The average Bonchev–Trinajstić information content (AvgIpc) is 2.31. The van der Waals surface area contributed by atoms with Crippen molar-refractivity contribution < 1.29 is 9.59 Å². The van der Waals surface area contributed by atoms with Crippen LogP contribution in [0.25, 0.3) is 0 Å². The van der Waals surface area contributed by atoms with Gasteiger partial charge in [-0.05, 0) is 31.2 Å². The second-order valence-corrected chi connectivity index (χ2v) is 5.61. The molecule has 0 heterocycles. The number of urea groups is 1. The molecule has 0 fully saturated rings. The summed E-state index contributed by atoms with van der Waals surface area (Å²) in [4.78, 5) is 23.5. The smallest absolute Gasteiger partial charge is 0.321 e. The summed E-state index contributed by atoms with van der Waals surface area (Å²) in [6.45, 7) is 1.75. The quantitative estimate of drug-likeness (QED) is 0.842. The van der Waals surface area contributed by atoms with Gasteiger partial charge in [0.25, 0.3) is 0 Å². The van der Waals surface area contributed by atoms with Crippen LogP contribution in [0.3, 0.4) is 0 Å². The van der Waals surface area contributed by atoms with Crippen LogP contribution in [0, 0.1) is 0 Å². The summed E-state index contributed by atoms with van der Waals surface area (Å²) in [6, 6.07) is 7.16. The zero-order chi connectivity index (χ0) is 12.8. The molecule has 0 aliphatic rings. The summed E-state index contributed by atoms with van der Waals surface area (Å²) in [5.74, 6) is -0.308. The van der Waals surface area contributed by atoms with Gasteiger partial charge in [0.2, 0.25) is 5.91 Å². The highest BCUT2D eigenvalue weighted by Crippen LogP contribution is 2.24. The van der Waals surface area contributed by atoms with Crippen molar-refractivity contribution in [2.24, 2.45) is 0 Å². The maximum absolute atomic E-state index is 11.6. The highest BCUT2D eigenvalue weighted by Gasteiger charge is 2.16. The molecule has 17 heavy (non-hydrogen) atoms. The second kappa shape index (κ2) is 6.66. The van der Waals surface area contributed by atoms with Gasteiger partial charge < -0.3 is 5.32 Å². The van der Waals surface area contributed by atoms with Crippen LogP contribution in [0.1, 0.15) is 6.92 Å². The molecule has 1 aromatic rings. The largest absolute Gasteiger partial charge is 0.341 e.